The second-order valence-electron chi connectivity index (χ2n) is 11.9. The first-order valence-electron chi connectivity index (χ1n) is 15.9. The van der Waals surface area contributed by atoms with Gasteiger partial charge in [-0.25, -0.2) is 13.4 Å². The highest BCUT2D eigenvalue weighted by Gasteiger charge is 2.40. The van der Waals surface area contributed by atoms with Crippen LogP contribution in [0.5, 0.6) is 5.75 Å². The van der Waals surface area contributed by atoms with Crippen molar-refractivity contribution in [2.75, 3.05) is 19.6 Å². The van der Waals surface area contributed by atoms with Crippen LogP contribution < -0.4 is 21.1 Å². The number of amidine groups is 1. The number of aryl methyl sites for hydroxylation is 2. The number of pyridine rings is 1. The molecular formula is C35H38Cl2N6O5S. The summed E-state index contributed by atoms with van der Waals surface area (Å²) in [4.78, 5) is 30.0. The molecule has 3 aromatic carbocycles. The van der Waals surface area contributed by atoms with E-state index >= 15 is 0 Å². The first-order chi connectivity index (χ1) is 23.4. The summed E-state index contributed by atoms with van der Waals surface area (Å²) in [5.74, 6) is -0.198. The third-order valence-corrected chi connectivity index (χ3v) is 11.2. The highest BCUT2D eigenvalue weighted by Crippen LogP contribution is 2.36. The molecule has 5 N–H and O–H groups in total. The molecule has 0 saturated carbocycles. The third-order valence-electron chi connectivity index (χ3n) is 8.40. The number of rotatable bonds is 13. The smallest absolute Gasteiger partial charge is 0.251 e. The molecule has 4 aromatic rings. The van der Waals surface area contributed by atoms with Gasteiger partial charge in [0, 0.05) is 52.4 Å². The minimum atomic E-state index is -4.17. The molecule has 14 heteroatoms. The summed E-state index contributed by atoms with van der Waals surface area (Å²) >= 11 is 13.2. The number of amides is 2. The molecule has 1 unspecified atom stereocenters. The van der Waals surface area contributed by atoms with E-state index in [0.717, 1.165) is 16.6 Å². The molecule has 11 nitrogen and oxygen atoms in total. The van der Waals surface area contributed by atoms with E-state index < -0.39 is 22.0 Å². The van der Waals surface area contributed by atoms with Crippen LogP contribution in [0.3, 0.4) is 0 Å². The standard InChI is InChI=1S/C35H38Cl2N6O5S/c1-21-19-22(2)42-32-25(21)7-5-9-29(32)48-20-26-27(36)14-15-30(31(26)37)49(46,47)43-18-6-8-28(43)35(45)41-17-4-3-16-40-34(44)24-12-10-23(11-13-24)33(38)39/h5,7,9-15,19,28H,3-4,6,8,16-18,20H2,1-2H3,(H3,38,39)(H,40,44)(H,41,45). The highest BCUT2D eigenvalue weighted by molar-refractivity contribution is 7.89. The Kier molecular flexibility index (Phi) is 11.4. The minimum absolute atomic E-state index is 0.0593. The maximum atomic E-state index is 13.9. The van der Waals surface area contributed by atoms with Crippen LogP contribution in [0.2, 0.25) is 10.0 Å². The number of fused-ring (bicyclic) bond motifs is 1. The molecule has 1 aliphatic heterocycles. The van der Waals surface area contributed by atoms with Gasteiger partial charge in [0.25, 0.3) is 5.91 Å². The van der Waals surface area contributed by atoms with Crippen LogP contribution in [0.25, 0.3) is 10.9 Å². The quantitative estimate of drug-likeness (QED) is 0.0802. The Bertz CT molecular complexity index is 2010. The van der Waals surface area contributed by atoms with Crippen molar-refractivity contribution >= 4 is 61.8 Å². The summed E-state index contributed by atoms with van der Waals surface area (Å²) in [5.41, 5.74) is 9.33. The number of benzene rings is 3. The molecule has 5 rings (SSSR count). The lowest BCUT2D eigenvalue weighted by Gasteiger charge is -2.24. The number of aromatic nitrogens is 1. The van der Waals surface area contributed by atoms with Gasteiger partial charge in [-0.1, -0.05) is 47.5 Å². The second-order valence-corrected chi connectivity index (χ2v) is 14.5. The number of halogens is 2. The Morgan fingerprint density at radius 3 is 2.43 bits per heavy atom. The molecule has 2 heterocycles. The molecule has 0 bridgehead atoms. The molecule has 1 atom stereocenters. The number of hydrogen-bond donors (Lipinski definition) is 4. The molecule has 0 aliphatic carbocycles. The van der Waals surface area contributed by atoms with Gasteiger partial charge in [-0.05, 0) is 81.5 Å². The van der Waals surface area contributed by atoms with Crippen molar-refractivity contribution in [1.82, 2.24) is 19.9 Å². The van der Waals surface area contributed by atoms with Crippen LogP contribution in [0.4, 0.5) is 0 Å². The lowest BCUT2D eigenvalue weighted by molar-refractivity contribution is -0.124. The second kappa shape index (κ2) is 15.5. The number of unbranched alkanes of at least 4 members (excludes halogenated alkanes) is 1. The van der Waals surface area contributed by atoms with Crippen LogP contribution in [0.1, 0.15) is 58.4 Å². The van der Waals surface area contributed by atoms with Crippen LogP contribution >= 0.6 is 23.2 Å². The summed E-state index contributed by atoms with van der Waals surface area (Å²) in [7, 11) is -4.17. The predicted molar refractivity (Wildman–Crippen MR) is 191 cm³/mol. The average molecular weight is 726 g/mol. The van der Waals surface area contributed by atoms with E-state index in [1.807, 2.05) is 32.0 Å². The molecule has 258 valence electrons. The number of carbonyl (C=O) groups is 2. The molecular weight excluding hydrogens is 687 g/mol. The number of ether oxygens (including phenoxy) is 1. The zero-order chi connectivity index (χ0) is 35.3. The minimum Gasteiger partial charge on any atom is -0.487 e. The molecule has 1 aliphatic rings. The largest absolute Gasteiger partial charge is 0.487 e. The van der Waals surface area contributed by atoms with E-state index in [-0.39, 0.29) is 39.8 Å². The average Bonchev–Trinajstić information content (AvgIpc) is 3.58. The van der Waals surface area contributed by atoms with Crippen molar-refractivity contribution in [3.05, 3.63) is 98.7 Å². The zero-order valence-electron chi connectivity index (χ0n) is 27.2. The van der Waals surface area contributed by atoms with Crippen molar-refractivity contribution in [3.63, 3.8) is 0 Å². The first kappa shape index (κ1) is 36.1. The van der Waals surface area contributed by atoms with E-state index in [0.29, 0.717) is 66.7 Å². The van der Waals surface area contributed by atoms with Gasteiger partial charge < -0.3 is 21.1 Å². The monoisotopic (exact) mass is 724 g/mol. The third kappa shape index (κ3) is 8.16. The Labute approximate surface area is 295 Å². The highest BCUT2D eigenvalue weighted by atomic mass is 35.5. The maximum Gasteiger partial charge on any atom is 0.251 e. The van der Waals surface area contributed by atoms with Crippen molar-refractivity contribution in [3.8, 4) is 5.75 Å². The number of nitrogens with two attached hydrogens (primary N) is 1. The van der Waals surface area contributed by atoms with Crippen molar-refractivity contribution in [2.24, 2.45) is 5.73 Å². The Morgan fingerprint density at radius 1 is 1.02 bits per heavy atom. The molecule has 2 amide bonds. The number of nitrogen functional groups attached to an aromatic ring is 1. The van der Waals surface area contributed by atoms with Gasteiger partial charge in [-0.15, -0.1) is 0 Å². The molecule has 0 radical (unpaired) electrons. The molecule has 1 saturated heterocycles. The molecule has 1 aromatic heterocycles. The topological polar surface area (TPSA) is 168 Å². The molecule has 49 heavy (non-hydrogen) atoms. The van der Waals surface area contributed by atoms with Gasteiger partial charge >= 0.3 is 0 Å². The Hall–Kier alpha value is -4.23. The number of sulfonamides is 1. The molecule has 1 fully saturated rings. The van der Waals surface area contributed by atoms with E-state index in [1.54, 1.807) is 30.3 Å². The fourth-order valence-corrected chi connectivity index (χ4v) is 8.35. The van der Waals surface area contributed by atoms with Crippen molar-refractivity contribution < 1.29 is 22.7 Å². The fraction of sp³-hybridized carbons (Fsp3) is 0.314. The van der Waals surface area contributed by atoms with Gasteiger partial charge in [-0.2, -0.15) is 4.31 Å². The summed E-state index contributed by atoms with van der Waals surface area (Å²) in [6.07, 6.45) is 2.07. The number of nitrogens with zero attached hydrogens (tertiary/aromatic N) is 2. The number of para-hydroxylation sites is 1. The van der Waals surface area contributed by atoms with Crippen LogP contribution in [-0.4, -0.2) is 61.0 Å². The Morgan fingerprint density at radius 2 is 1.71 bits per heavy atom. The van der Waals surface area contributed by atoms with Gasteiger partial charge in [-0.3, -0.25) is 15.0 Å². The van der Waals surface area contributed by atoms with Gasteiger partial charge in [0.15, 0.2) is 0 Å². The predicted octanol–water partition coefficient (Wildman–Crippen LogP) is 5.50. The van der Waals surface area contributed by atoms with E-state index in [9.17, 15) is 18.0 Å². The summed E-state index contributed by atoms with van der Waals surface area (Å²) in [6.45, 7) is 4.69. The summed E-state index contributed by atoms with van der Waals surface area (Å²) < 4.78 is 35.1. The fourth-order valence-electron chi connectivity index (χ4n) is 5.83. The maximum absolute atomic E-state index is 13.9. The number of carbonyl (C=O) groups excluding carboxylic acids is 2. The normalized spacial score (nSPS) is 14.9. The lowest BCUT2D eigenvalue weighted by Crippen LogP contribution is -2.46. The van der Waals surface area contributed by atoms with Gasteiger partial charge in [0.05, 0.1) is 5.02 Å². The van der Waals surface area contributed by atoms with Crippen LogP contribution in [0.15, 0.2) is 65.6 Å². The SMILES string of the molecule is Cc1cc(C)c2cccc(OCc3c(Cl)ccc(S(=O)(=O)N4CCCC4C(=O)NCCCCNC(=O)c4ccc(C(=N)N)cc4)c3Cl)c2n1. The van der Waals surface area contributed by atoms with Crippen molar-refractivity contribution in [1.29, 1.82) is 5.41 Å². The lowest BCUT2D eigenvalue weighted by atomic mass is 10.1. The van der Waals surface area contributed by atoms with Gasteiger partial charge in [0.1, 0.15) is 34.6 Å². The Balaban J connectivity index is 1.18. The summed E-state index contributed by atoms with van der Waals surface area (Å²) in [5, 5.41) is 14.2. The van der Waals surface area contributed by atoms with E-state index in [4.69, 9.17) is 39.1 Å². The van der Waals surface area contributed by atoms with Crippen LogP contribution in [0, 0.1) is 19.3 Å². The number of nitrogens with one attached hydrogen (secondary N) is 3. The summed E-state index contributed by atoms with van der Waals surface area (Å²) in [6, 6.07) is 16.0. The molecule has 0 spiro atoms. The van der Waals surface area contributed by atoms with E-state index in [1.165, 1.54) is 16.4 Å². The van der Waals surface area contributed by atoms with Crippen molar-refractivity contribution in [2.45, 2.75) is 57.1 Å². The number of hydrogen-bond acceptors (Lipinski definition) is 7. The zero-order valence-corrected chi connectivity index (χ0v) is 29.5. The van der Waals surface area contributed by atoms with Gasteiger partial charge in [0.2, 0.25) is 15.9 Å². The first-order valence-corrected chi connectivity index (χ1v) is 18.1. The van der Waals surface area contributed by atoms with E-state index in [2.05, 4.69) is 15.6 Å². The van der Waals surface area contributed by atoms with Crippen LogP contribution in [-0.2, 0) is 21.4 Å².